The quantitative estimate of drug-likeness (QED) is 0.218. The van der Waals surface area contributed by atoms with Crippen molar-refractivity contribution < 1.29 is 9.53 Å². The molecule has 0 heterocycles. The van der Waals surface area contributed by atoms with Gasteiger partial charge in [0.15, 0.2) is 0 Å². The van der Waals surface area contributed by atoms with Crippen molar-refractivity contribution in [2.24, 2.45) is 0 Å². The Morgan fingerprint density at radius 1 is 0.920 bits per heavy atom. The second-order valence-corrected chi connectivity index (χ2v) is 5.71. The second-order valence-electron chi connectivity index (χ2n) is 5.44. The Balaban J connectivity index is 0.000000250. The zero-order valence-corrected chi connectivity index (χ0v) is 14.2. The van der Waals surface area contributed by atoms with Gasteiger partial charge in [-0.3, -0.25) is 0 Å². The smallest absolute Gasteiger partial charge is 0.343 e. The first kappa shape index (κ1) is 16.8. The van der Waals surface area contributed by atoms with E-state index < -0.39 is 5.97 Å². The fraction of sp³-hybridized carbons (Fsp3) is 0.0455. The van der Waals surface area contributed by atoms with Crippen molar-refractivity contribution in [1.29, 1.82) is 0 Å². The first-order valence-corrected chi connectivity index (χ1v) is 8.28. The molecule has 0 bridgehead atoms. The Morgan fingerprint density at radius 3 is 2.00 bits per heavy atom. The summed E-state index contributed by atoms with van der Waals surface area (Å²) in [6.45, 7) is 0. The number of benzene rings is 3. The monoisotopic (exact) mass is 346 g/mol. The summed E-state index contributed by atoms with van der Waals surface area (Å²) >= 11 is 5.69. The van der Waals surface area contributed by atoms with Gasteiger partial charge >= 0.3 is 5.97 Å². The lowest BCUT2D eigenvalue weighted by atomic mass is 9.95. The van der Waals surface area contributed by atoms with Crippen molar-refractivity contribution in [3.63, 3.8) is 0 Å². The first-order valence-electron chi connectivity index (χ1n) is 7.74. The lowest BCUT2D eigenvalue weighted by Crippen LogP contribution is -2.09. The fourth-order valence-electron chi connectivity index (χ4n) is 2.23. The summed E-state index contributed by atoms with van der Waals surface area (Å²) in [5, 5.41) is 0. The molecule has 0 amide bonds. The van der Waals surface area contributed by atoms with E-state index >= 15 is 0 Å². The van der Waals surface area contributed by atoms with Crippen LogP contribution in [0.1, 0.15) is 21.5 Å². The number of carbonyl (C=O) groups is 1. The Kier molecular flexibility index (Phi) is 5.18. The first-order chi connectivity index (χ1) is 12.2. The minimum Gasteiger partial charge on any atom is -0.422 e. The average molecular weight is 347 g/mol. The highest BCUT2D eigenvalue weighted by atomic mass is 35.5. The molecule has 2 aromatic rings. The number of alkyl halides is 1. The highest BCUT2D eigenvalue weighted by molar-refractivity contribution is 6.17. The molecule has 0 aliphatic heterocycles. The number of ether oxygens (including phenoxy) is 1. The molecule has 0 atom stereocenters. The summed E-state index contributed by atoms with van der Waals surface area (Å²) in [5.41, 5.74) is 4.81. The largest absolute Gasteiger partial charge is 0.422 e. The van der Waals surface area contributed by atoms with Gasteiger partial charge in [-0.1, -0.05) is 54.5 Å². The molecule has 0 fully saturated rings. The molecule has 4 rings (SSSR count). The number of esters is 1. The number of carbonyl (C=O) groups excluding carboxylic acids is 1. The fourth-order valence-corrected chi connectivity index (χ4v) is 2.40. The molecule has 0 aromatic heterocycles. The van der Waals surface area contributed by atoms with E-state index in [1.807, 2.05) is 0 Å². The molecule has 2 aliphatic carbocycles. The van der Waals surface area contributed by atoms with Crippen molar-refractivity contribution in [3.05, 3.63) is 89.5 Å². The molecule has 0 unspecified atom stereocenters. The molecule has 0 saturated carbocycles. The molecule has 2 aromatic carbocycles. The lowest BCUT2D eigenvalue weighted by Gasteiger charge is -2.10. The highest BCUT2D eigenvalue weighted by Crippen LogP contribution is 2.29. The predicted octanol–water partition coefficient (Wildman–Crippen LogP) is 5.29. The van der Waals surface area contributed by atoms with Crippen LogP contribution in [0.3, 0.4) is 0 Å². The average Bonchev–Trinajstić information content (AvgIpc) is 2.65. The van der Waals surface area contributed by atoms with Gasteiger partial charge in [0.25, 0.3) is 0 Å². The van der Waals surface area contributed by atoms with E-state index in [4.69, 9.17) is 22.8 Å². The highest BCUT2D eigenvalue weighted by Gasteiger charge is 2.10. The molecule has 2 nitrogen and oxygen atoms in total. The molecular formula is C22H15ClO2. The van der Waals surface area contributed by atoms with Crippen LogP contribution in [-0.4, -0.2) is 5.97 Å². The third-order valence-corrected chi connectivity index (χ3v) is 4.12. The van der Waals surface area contributed by atoms with Crippen molar-refractivity contribution in [3.8, 4) is 29.2 Å². The maximum absolute atomic E-state index is 12.0. The second kappa shape index (κ2) is 7.70. The van der Waals surface area contributed by atoms with Crippen molar-refractivity contribution in [2.45, 2.75) is 5.88 Å². The molecule has 0 N–H and O–H groups in total. The number of halogens is 1. The number of fused-ring (bicyclic) bond motifs is 1. The molecule has 2 aliphatic rings. The van der Waals surface area contributed by atoms with Crippen LogP contribution >= 0.6 is 11.6 Å². The number of hydrogen-bond donors (Lipinski definition) is 0. The van der Waals surface area contributed by atoms with Gasteiger partial charge in [0.05, 0.1) is 11.1 Å². The molecule has 0 radical (unpaired) electrons. The SMILES string of the molecule is C#Cc1ccccc1OC(=O)c1ccc(CCl)cc1.c1cc2ccc1-2. The summed E-state index contributed by atoms with van der Waals surface area (Å²) in [6, 6.07) is 22.4. The van der Waals surface area contributed by atoms with Gasteiger partial charge < -0.3 is 4.74 Å². The summed E-state index contributed by atoms with van der Waals surface area (Å²) in [6.07, 6.45) is 5.35. The van der Waals surface area contributed by atoms with Crippen molar-refractivity contribution >= 4 is 17.6 Å². The molecule has 0 saturated heterocycles. The van der Waals surface area contributed by atoms with E-state index in [0.29, 0.717) is 22.8 Å². The predicted molar refractivity (Wildman–Crippen MR) is 101 cm³/mol. The topological polar surface area (TPSA) is 26.3 Å². The molecule has 0 spiro atoms. The summed E-state index contributed by atoms with van der Waals surface area (Å²) in [4.78, 5) is 12.0. The maximum atomic E-state index is 12.0. The van der Waals surface area contributed by atoms with Crippen LogP contribution in [0.4, 0.5) is 0 Å². The van der Waals surface area contributed by atoms with Gasteiger partial charge in [-0.15, -0.1) is 18.0 Å². The van der Waals surface area contributed by atoms with Gasteiger partial charge in [0.2, 0.25) is 0 Å². The summed E-state index contributed by atoms with van der Waals surface area (Å²) in [7, 11) is 0. The van der Waals surface area contributed by atoms with Gasteiger partial charge in [-0.2, -0.15) is 0 Å². The maximum Gasteiger partial charge on any atom is 0.343 e. The van der Waals surface area contributed by atoms with Crippen molar-refractivity contribution in [1.82, 2.24) is 0 Å². The normalized spacial score (nSPS) is 10.1. The molecule has 25 heavy (non-hydrogen) atoms. The van der Waals surface area contributed by atoms with E-state index in [-0.39, 0.29) is 0 Å². The number of hydrogen-bond acceptors (Lipinski definition) is 2. The van der Waals surface area contributed by atoms with Crippen LogP contribution in [0.15, 0.2) is 72.8 Å². The van der Waals surface area contributed by atoms with Crippen molar-refractivity contribution in [2.75, 3.05) is 0 Å². The van der Waals surface area contributed by atoms with Gasteiger partial charge in [0, 0.05) is 5.88 Å². The van der Waals surface area contributed by atoms with E-state index in [1.54, 1.807) is 48.5 Å². The number of rotatable bonds is 3. The van der Waals surface area contributed by atoms with E-state index in [9.17, 15) is 4.79 Å². The lowest BCUT2D eigenvalue weighted by molar-refractivity contribution is 0.0734. The van der Waals surface area contributed by atoms with Crippen LogP contribution in [0.25, 0.3) is 11.1 Å². The van der Waals surface area contributed by atoms with Crippen LogP contribution < -0.4 is 4.74 Å². The minimum atomic E-state index is -0.441. The van der Waals surface area contributed by atoms with Crippen LogP contribution in [0.2, 0.25) is 0 Å². The van der Waals surface area contributed by atoms with Gasteiger partial charge in [-0.25, -0.2) is 4.79 Å². The Bertz CT molecular complexity index is 898. The standard InChI is InChI=1S/C16H11ClO2.C6H4/c1-2-13-5-3-4-6-15(13)19-16(18)14-9-7-12(11-17)8-10-14;1-2-6-4-3-5(1)6/h1,3-10H,11H2;1-4H. The number of para-hydroxylation sites is 1. The molecule has 3 heteroatoms. The van der Waals surface area contributed by atoms with Crippen LogP contribution in [0.5, 0.6) is 5.75 Å². The van der Waals surface area contributed by atoms with E-state index in [0.717, 1.165) is 5.56 Å². The Hall–Kier alpha value is -3.02. The third kappa shape index (κ3) is 3.91. The molecular weight excluding hydrogens is 332 g/mol. The third-order valence-electron chi connectivity index (χ3n) is 3.81. The Labute approximate surface area is 152 Å². The van der Waals surface area contributed by atoms with E-state index in [2.05, 4.69) is 30.2 Å². The summed E-state index contributed by atoms with van der Waals surface area (Å²) in [5.74, 6) is 2.83. The molecule has 122 valence electrons. The number of terminal acetylenes is 1. The van der Waals surface area contributed by atoms with Gasteiger partial charge in [-0.05, 0) is 41.0 Å². The summed E-state index contributed by atoms with van der Waals surface area (Å²) < 4.78 is 5.28. The zero-order chi connectivity index (χ0) is 17.6. The zero-order valence-electron chi connectivity index (χ0n) is 13.4. The Morgan fingerprint density at radius 2 is 1.52 bits per heavy atom. The minimum absolute atomic E-state index is 0.386. The van der Waals surface area contributed by atoms with Crippen LogP contribution in [-0.2, 0) is 5.88 Å². The van der Waals surface area contributed by atoms with Crippen LogP contribution in [0, 0.1) is 12.3 Å². The van der Waals surface area contributed by atoms with E-state index in [1.165, 1.54) is 11.1 Å². The van der Waals surface area contributed by atoms with Gasteiger partial charge in [0.1, 0.15) is 5.75 Å².